The van der Waals surface area contributed by atoms with Gasteiger partial charge in [-0.15, -0.1) is 11.3 Å². The average molecular weight is 334 g/mol. The number of anilines is 1. The Balaban J connectivity index is 2.10. The van der Waals surface area contributed by atoms with Gasteiger partial charge in [0.05, 0.1) is 10.6 Å². The Morgan fingerprint density at radius 1 is 1.22 bits per heavy atom. The van der Waals surface area contributed by atoms with Gasteiger partial charge in [0.1, 0.15) is 11.9 Å². The van der Waals surface area contributed by atoms with E-state index in [9.17, 15) is 14.0 Å². The minimum absolute atomic E-state index is 0.108. The monoisotopic (exact) mass is 334 g/mol. The normalized spacial score (nSPS) is 12.0. The number of amides is 2. The molecule has 1 heterocycles. The molecule has 0 saturated carbocycles. The first-order valence-electron chi connectivity index (χ1n) is 7.30. The van der Waals surface area contributed by atoms with Crippen molar-refractivity contribution in [1.82, 2.24) is 5.32 Å². The van der Waals surface area contributed by atoms with Crippen molar-refractivity contribution in [2.24, 2.45) is 5.92 Å². The van der Waals surface area contributed by atoms with Gasteiger partial charge in [0.15, 0.2) is 0 Å². The summed E-state index contributed by atoms with van der Waals surface area (Å²) in [7, 11) is 0. The second-order valence-corrected chi connectivity index (χ2v) is 6.59. The van der Waals surface area contributed by atoms with Gasteiger partial charge in [-0.1, -0.05) is 26.0 Å². The van der Waals surface area contributed by atoms with Crippen LogP contribution in [0, 0.1) is 18.7 Å². The number of carbonyl (C=O) groups excluding carboxylic acids is 2. The number of halogens is 1. The van der Waals surface area contributed by atoms with Crippen molar-refractivity contribution in [1.29, 1.82) is 0 Å². The highest BCUT2D eigenvalue weighted by molar-refractivity contribution is 7.12. The third kappa shape index (κ3) is 4.39. The Bertz CT molecular complexity index is 699. The number of benzene rings is 1. The van der Waals surface area contributed by atoms with E-state index in [4.69, 9.17) is 0 Å². The van der Waals surface area contributed by atoms with Crippen molar-refractivity contribution < 1.29 is 14.0 Å². The van der Waals surface area contributed by atoms with Crippen molar-refractivity contribution >= 4 is 28.8 Å². The smallest absolute Gasteiger partial charge is 0.262 e. The van der Waals surface area contributed by atoms with Gasteiger partial charge >= 0.3 is 0 Å². The van der Waals surface area contributed by atoms with Crippen LogP contribution in [-0.4, -0.2) is 17.9 Å². The number of hydrogen-bond donors (Lipinski definition) is 2. The van der Waals surface area contributed by atoms with Crippen LogP contribution in [0.15, 0.2) is 35.7 Å². The van der Waals surface area contributed by atoms with Crippen LogP contribution in [0.3, 0.4) is 0 Å². The molecule has 6 heteroatoms. The number of aryl methyl sites for hydroxylation is 1. The van der Waals surface area contributed by atoms with Crippen molar-refractivity contribution in [2.75, 3.05) is 5.32 Å². The Kier molecular flexibility index (Phi) is 5.50. The highest BCUT2D eigenvalue weighted by atomic mass is 32.1. The highest BCUT2D eigenvalue weighted by Gasteiger charge is 2.25. The van der Waals surface area contributed by atoms with E-state index >= 15 is 0 Å². The van der Waals surface area contributed by atoms with Crippen LogP contribution in [0.2, 0.25) is 0 Å². The second-order valence-electron chi connectivity index (χ2n) is 5.65. The minimum atomic E-state index is -0.745. The standard InChI is InChI=1S/C17H19FN2O2S/c1-10(2)15(20-16(21)14-5-4-8-23-14)17(22)19-13-7-6-11(3)9-12(13)18/h4-10,15H,1-3H3,(H,19,22)(H,20,21). The number of rotatable bonds is 5. The number of nitrogens with one attached hydrogen (secondary N) is 2. The summed E-state index contributed by atoms with van der Waals surface area (Å²) in [6.07, 6.45) is 0. The van der Waals surface area contributed by atoms with E-state index in [2.05, 4.69) is 10.6 Å². The quantitative estimate of drug-likeness (QED) is 0.878. The fourth-order valence-electron chi connectivity index (χ4n) is 2.09. The molecular weight excluding hydrogens is 315 g/mol. The third-order valence-electron chi connectivity index (χ3n) is 3.36. The van der Waals surface area contributed by atoms with E-state index in [1.165, 1.54) is 23.5 Å². The van der Waals surface area contributed by atoms with Crippen LogP contribution in [-0.2, 0) is 4.79 Å². The molecule has 1 unspecified atom stereocenters. The van der Waals surface area contributed by atoms with Gasteiger partial charge in [-0.25, -0.2) is 4.39 Å². The maximum absolute atomic E-state index is 13.9. The molecule has 0 spiro atoms. The molecule has 2 N–H and O–H groups in total. The predicted octanol–water partition coefficient (Wildman–Crippen LogP) is 3.59. The van der Waals surface area contributed by atoms with Gasteiger partial charge in [-0.05, 0) is 42.0 Å². The molecule has 2 amide bonds. The third-order valence-corrected chi connectivity index (χ3v) is 4.23. The van der Waals surface area contributed by atoms with Crippen LogP contribution in [0.5, 0.6) is 0 Å². The summed E-state index contributed by atoms with van der Waals surface area (Å²) in [6, 6.07) is 7.30. The molecule has 0 aliphatic carbocycles. The SMILES string of the molecule is Cc1ccc(NC(=O)C(NC(=O)c2cccs2)C(C)C)c(F)c1. The van der Waals surface area contributed by atoms with E-state index < -0.39 is 17.8 Å². The van der Waals surface area contributed by atoms with Crippen LogP contribution < -0.4 is 10.6 Å². The Hall–Kier alpha value is -2.21. The summed E-state index contributed by atoms with van der Waals surface area (Å²) in [5.41, 5.74) is 0.878. The van der Waals surface area contributed by atoms with Crippen LogP contribution in [0.25, 0.3) is 0 Å². The van der Waals surface area contributed by atoms with Gasteiger partial charge in [0.25, 0.3) is 5.91 Å². The lowest BCUT2D eigenvalue weighted by Crippen LogP contribution is -2.47. The zero-order chi connectivity index (χ0) is 17.0. The van der Waals surface area contributed by atoms with E-state index in [1.807, 2.05) is 13.8 Å². The van der Waals surface area contributed by atoms with Gasteiger partial charge < -0.3 is 10.6 Å². The van der Waals surface area contributed by atoms with Crippen molar-refractivity contribution in [3.8, 4) is 0 Å². The summed E-state index contributed by atoms with van der Waals surface area (Å²) in [6.45, 7) is 5.42. The predicted molar refractivity (Wildman–Crippen MR) is 90.2 cm³/mol. The molecule has 23 heavy (non-hydrogen) atoms. The zero-order valence-corrected chi connectivity index (χ0v) is 14.0. The topological polar surface area (TPSA) is 58.2 Å². The summed E-state index contributed by atoms with van der Waals surface area (Å²) in [4.78, 5) is 25.1. The van der Waals surface area contributed by atoms with E-state index in [1.54, 1.807) is 30.5 Å². The fraction of sp³-hybridized carbons (Fsp3) is 0.294. The van der Waals surface area contributed by atoms with E-state index in [0.717, 1.165) is 5.56 Å². The Morgan fingerprint density at radius 2 is 1.96 bits per heavy atom. The molecule has 2 aromatic rings. The van der Waals surface area contributed by atoms with Gasteiger partial charge in [0.2, 0.25) is 5.91 Å². The summed E-state index contributed by atoms with van der Waals surface area (Å²) in [5, 5.41) is 7.04. The molecule has 0 aliphatic heterocycles. The molecule has 1 aromatic heterocycles. The molecule has 1 atom stereocenters. The number of carbonyl (C=O) groups is 2. The van der Waals surface area contributed by atoms with Crippen molar-refractivity contribution in [3.05, 3.63) is 52.0 Å². The molecule has 0 aliphatic rings. The van der Waals surface area contributed by atoms with Gasteiger partial charge in [-0.3, -0.25) is 9.59 Å². The highest BCUT2D eigenvalue weighted by Crippen LogP contribution is 2.17. The first-order chi connectivity index (χ1) is 10.9. The molecular formula is C17H19FN2O2S. The van der Waals surface area contributed by atoms with E-state index in [0.29, 0.717) is 4.88 Å². The lowest BCUT2D eigenvalue weighted by atomic mass is 10.0. The van der Waals surface area contributed by atoms with Gasteiger partial charge in [-0.2, -0.15) is 0 Å². The molecule has 0 saturated heterocycles. The molecule has 4 nitrogen and oxygen atoms in total. The van der Waals surface area contributed by atoms with Crippen LogP contribution in [0.4, 0.5) is 10.1 Å². The van der Waals surface area contributed by atoms with Gasteiger partial charge in [0, 0.05) is 0 Å². The lowest BCUT2D eigenvalue weighted by molar-refractivity contribution is -0.118. The summed E-state index contributed by atoms with van der Waals surface area (Å²) < 4.78 is 13.9. The minimum Gasteiger partial charge on any atom is -0.339 e. The molecule has 2 rings (SSSR count). The zero-order valence-electron chi connectivity index (χ0n) is 13.2. The lowest BCUT2D eigenvalue weighted by Gasteiger charge is -2.21. The van der Waals surface area contributed by atoms with Crippen molar-refractivity contribution in [2.45, 2.75) is 26.8 Å². The maximum Gasteiger partial charge on any atom is 0.262 e. The van der Waals surface area contributed by atoms with Crippen LogP contribution >= 0.6 is 11.3 Å². The summed E-state index contributed by atoms with van der Waals surface area (Å²) >= 11 is 1.30. The molecule has 0 radical (unpaired) electrons. The first kappa shape index (κ1) is 17.1. The number of thiophene rings is 1. The maximum atomic E-state index is 13.9. The fourth-order valence-corrected chi connectivity index (χ4v) is 2.71. The van der Waals surface area contributed by atoms with Crippen molar-refractivity contribution in [3.63, 3.8) is 0 Å². The summed E-state index contributed by atoms with van der Waals surface area (Å²) in [5.74, 6) is -1.37. The number of hydrogen-bond acceptors (Lipinski definition) is 3. The van der Waals surface area contributed by atoms with Crippen LogP contribution in [0.1, 0.15) is 29.1 Å². The van der Waals surface area contributed by atoms with E-state index in [-0.39, 0.29) is 17.5 Å². The Labute approximate surface area is 138 Å². The molecule has 0 fully saturated rings. The molecule has 1 aromatic carbocycles. The average Bonchev–Trinajstić information content (AvgIpc) is 3.01. The Morgan fingerprint density at radius 3 is 2.52 bits per heavy atom. The second kappa shape index (κ2) is 7.37. The largest absolute Gasteiger partial charge is 0.339 e. The first-order valence-corrected chi connectivity index (χ1v) is 8.18. The molecule has 122 valence electrons. The molecule has 0 bridgehead atoms.